The van der Waals surface area contributed by atoms with E-state index in [0.29, 0.717) is 27.6 Å². The van der Waals surface area contributed by atoms with Gasteiger partial charge < -0.3 is 24.8 Å². The molecule has 0 radical (unpaired) electrons. The van der Waals surface area contributed by atoms with Gasteiger partial charge in [-0.1, -0.05) is 11.6 Å². The fourth-order valence-electron chi connectivity index (χ4n) is 3.59. The minimum absolute atomic E-state index is 0.0569. The van der Waals surface area contributed by atoms with E-state index >= 15 is 0 Å². The number of hydrogen-bond acceptors (Lipinski definition) is 6. The Bertz CT molecular complexity index is 1080. The molecule has 1 saturated heterocycles. The Balaban J connectivity index is 2.17. The number of carbonyl (C=O) groups is 3. The fraction of sp³-hybridized carbons (Fsp3) is 0.261. The van der Waals surface area contributed by atoms with Crippen molar-refractivity contribution in [2.75, 3.05) is 27.3 Å². The molecular formula is C23H23ClN2O6. The number of amides is 2. The summed E-state index contributed by atoms with van der Waals surface area (Å²) in [6, 6.07) is 10.3. The van der Waals surface area contributed by atoms with E-state index in [9.17, 15) is 19.5 Å². The second kappa shape index (κ2) is 9.74. The maximum absolute atomic E-state index is 13.0. The van der Waals surface area contributed by atoms with Gasteiger partial charge in [0.05, 0.1) is 25.8 Å². The summed E-state index contributed by atoms with van der Waals surface area (Å²) in [5.41, 5.74) is 0.751. The van der Waals surface area contributed by atoms with Gasteiger partial charge in [-0.05, 0) is 36.4 Å². The number of ether oxygens (including phenoxy) is 2. The molecule has 1 atom stereocenters. The van der Waals surface area contributed by atoms with Crippen LogP contribution in [0, 0.1) is 0 Å². The van der Waals surface area contributed by atoms with Crippen molar-refractivity contribution in [2.24, 2.45) is 0 Å². The number of rotatable bonds is 7. The van der Waals surface area contributed by atoms with Crippen molar-refractivity contribution in [1.82, 2.24) is 10.2 Å². The molecule has 8 nitrogen and oxygen atoms in total. The number of Topliss-reactive ketones (excluding diaryl/α,β-unsaturated/α-hetero) is 1. The van der Waals surface area contributed by atoms with Crippen molar-refractivity contribution in [3.63, 3.8) is 0 Å². The maximum atomic E-state index is 13.0. The van der Waals surface area contributed by atoms with Crippen LogP contribution in [0.4, 0.5) is 0 Å². The van der Waals surface area contributed by atoms with Gasteiger partial charge in [0.1, 0.15) is 17.3 Å². The average molecular weight is 459 g/mol. The molecule has 2 aromatic rings. The van der Waals surface area contributed by atoms with E-state index in [1.54, 1.807) is 42.5 Å². The number of hydrogen-bond donors (Lipinski definition) is 2. The van der Waals surface area contributed by atoms with Gasteiger partial charge in [-0.25, -0.2) is 0 Å². The standard InChI is InChI=1S/C23H23ClN2O6/c1-13(27)25-10-11-26-20(17-9-8-16(31-2)12-18(17)32-3)19(22(29)23(26)30)21(28)14-4-6-15(24)7-5-14/h4-9,12,20,28H,10-11H2,1-3H3,(H,25,27). The molecule has 0 spiro atoms. The van der Waals surface area contributed by atoms with Crippen molar-refractivity contribution in [1.29, 1.82) is 0 Å². The van der Waals surface area contributed by atoms with E-state index in [0.717, 1.165) is 0 Å². The molecule has 2 N–H and O–H groups in total. The molecular weight excluding hydrogens is 436 g/mol. The van der Waals surface area contributed by atoms with Gasteiger partial charge in [-0.3, -0.25) is 14.4 Å². The van der Waals surface area contributed by atoms with Gasteiger partial charge in [0.15, 0.2) is 0 Å². The van der Waals surface area contributed by atoms with Crippen LogP contribution in [-0.4, -0.2) is 54.9 Å². The van der Waals surface area contributed by atoms with Crippen molar-refractivity contribution in [2.45, 2.75) is 13.0 Å². The highest BCUT2D eigenvalue weighted by Gasteiger charge is 2.46. The third kappa shape index (κ3) is 4.55. The van der Waals surface area contributed by atoms with E-state index in [1.807, 2.05) is 0 Å². The second-order valence-electron chi connectivity index (χ2n) is 7.09. The lowest BCUT2D eigenvalue weighted by atomic mass is 9.94. The number of aliphatic hydroxyl groups is 1. The third-order valence-electron chi connectivity index (χ3n) is 5.12. The Morgan fingerprint density at radius 1 is 1.12 bits per heavy atom. The Morgan fingerprint density at radius 3 is 2.41 bits per heavy atom. The molecule has 0 aliphatic carbocycles. The highest BCUT2D eigenvalue weighted by Crippen LogP contribution is 2.43. The van der Waals surface area contributed by atoms with Gasteiger partial charge in [0.25, 0.3) is 11.7 Å². The summed E-state index contributed by atoms with van der Waals surface area (Å²) in [7, 11) is 2.97. The molecule has 1 fully saturated rings. The molecule has 3 rings (SSSR count). The van der Waals surface area contributed by atoms with E-state index in [2.05, 4.69) is 5.32 Å². The molecule has 1 aliphatic rings. The Kier molecular flexibility index (Phi) is 7.05. The number of halogens is 1. The predicted molar refractivity (Wildman–Crippen MR) is 119 cm³/mol. The molecule has 1 unspecified atom stereocenters. The summed E-state index contributed by atoms with van der Waals surface area (Å²) in [6.45, 7) is 1.55. The summed E-state index contributed by atoms with van der Waals surface area (Å²) in [5, 5.41) is 14.1. The van der Waals surface area contributed by atoms with E-state index in [-0.39, 0.29) is 30.3 Å². The number of benzene rings is 2. The van der Waals surface area contributed by atoms with Crippen LogP contribution in [0.15, 0.2) is 48.0 Å². The lowest BCUT2D eigenvalue weighted by molar-refractivity contribution is -0.140. The highest BCUT2D eigenvalue weighted by molar-refractivity contribution is 6.46. The fourth-order valence-corrected chi connectivity index (χ4v) is 3.72. The van der Waals surface area contributed by atoms with Gasteiger partial charge in [0.2, 0.25) is 5.91 Å². The Hall–Kier alpha value is -3.52. The number of carbonyl (C=O) groups excluding carboxylic acids is 3. The normalized spacial score (nSPS) is 17.4. The molecule has 0 aromatic heterocycles. The van der Waals surface area contributed by atoms with Crippen molar-refractivity contribution in [3.8, 4) is 11.5 Å². The monoisotopic (exact) mass is 458 g/mol. The first-order valence-electron chi connectivity index (χ1n) is 9.79. The van der Waals surface area contributed by atoms with Crippen molar-refractivity contribution in [3.05, 3.63) is 64.2 Å². The zero-order chi connectivity index (χ0) is 23.4. The zero-order valence-electron chi connectivity index (χ0n) is 17.8. The minimum Gasteiger partial charge on any atom is -0.507 e. The third-order valence-corrected chi connectivity index (χ3v) is 5.37. The quantitative estimate of drug-likeness (QED) is 0.375. The SMILES string of the molecule is COc1ccc(C2C(=C(O)c3ccc(Cl)cc3)C(=O)C(=O)N2CCNC(C)=O)c(OC)c1. The Labute approximate surface area is 190 Å². The van der Waals surface area contributed by atoms with Crippen LogP contribution in [0.5, 0.6) is 11.5 Å². The van der Waals surface area contributed by atoms with Gasteiger partial charge in [-0.15, -0.1) is 0 Å². The summed E-state index contributed by atoms with van der Waals surface area (Å²) < 4.78 is 10.7. The number of nitrogens with one attached hydrogen (secondary N) is 1. The summed E-state index contributed by atoms with van der Waals surface area (Å²) in [4.78, 5) is 38.5. The lowest BCUT2D eigenvalue weighted by Gasteiger charge is -2.26. The van der Waals surface area contributed by atoms with Crippen LogP contribution in [0.25, 0.3) is 5.76 Å². The van der Waals surface area contributed by atoms with Crippen LogP contribution in [0.1, 0.15) is 24.1 Å². The Morgan fingerprint density at radius 2 is 1.81 bits per heavy atom. The molecule has 9 heteroatoms. The zero-order valence-corrected chi connectivity index (χ0v) is 18.6. The van der Waals surface area contributed by atoms with Crippen LogP contribution < -0.4 is 14.8 Å². The molecule has 168 valence electrons. The van der Waals surface area contributed by atoms with Gasteiger partial charge in [-0.2, -0.15) is 0 Å². The average Bonchev–Trinajstić information content (AvgIpc) is 3.03. The number of aliphatic hydroxyl groups excluding tert-OH is 1. The molecule has 0 saturated carbocycles. The van der Waals surface area contributed by atoms with E-state index in [1.165, 1.54) is 26.0 Å². The predicted octanol–water partition coefficient (Wildman–Crippen LogP) is 2.92. The van der Waals surface area contributed by atoms with E-state index < -0.39 is 17.7 Å². The molecule has 1 aliphatic heterocycles. The maximum Gasteiger partial charge on any atom is 0.295 e. The number of nitrogens with zero attached hydrogens (tertiary/aromatic N) is 1. The first-order valence-corrected chi connectivity index (χ1v) is 10.2. The lowest BCUT2D eigenvalue weighted by Crippen LogP contribution is -2.37. The smallest absolute Gasteiger partial charge is 0.295 e. The van der Waals surface area contributed by atoms with Gasteiger partial charge in [0, 0.05) is 42.2 Å². The molecule has 0 bridgehead atoms. The second-order valence-corrected chi connectivity index (χ2v) is 7.53. The molecule has 1 heterocycles. The summed E-state index contributed by atoms with van der Waals surface area (Å²) in [5.74, 6) is -1.30. The van der Waals surface area contributed by atoms with Crippen LogP contribution in [0.2, 0.25) is 5.02 Å². The van der Waals surface area contributed by atoms with Crippen molar-refractivity contribution >= 4 is 35.0 Å². The highest BCUT2D eigenvalue weighted by atomic mass is 35.5. The van der Waals surface area contributed by atoms with Gasteiger partial charge >= 0.3 is 0 Å². The van der Waals surface area contributed by atoms with E-state index in [4.69, 9.17) is 21.1 Å². The largest absolute Gasteiger partial charge is 0.507 e. The number of methoxy groups -OCH3 is 2. The summed E-state index contributed by atoms with van der Waals surface area (Å²) in [6.07, 6.45) is 0. The molecule has 32 heavy (non-hydrogen) atoms. The number of ketones is 1. The minimum atomic E-state index is -0.930. The van der Waals surface area contributed by atoms with Crippen LogP contribution in [0.3, 0.4) is 0 Å². The first kappa shape index (κ1) is 23.1. The first-order chi connectivity index (χ1) is 15.3. The summed E-state index contributed by atoms with van der Waals surface area (Å²) >= 11 is 5.94. The van der Waals surface area contributed by atoms with Crippen LogP contribution in [-0.2, 0) is 14.4 Å². The molecule has 2 amide bonds. The van der Waals surface area contributed by atoms with Crippen molar-refractivity contribution < 1.29 is 29.0 Å². The number of likely N-dealkylation sites (tertiary alicyclic amines) is 1. The topological polar surface area (TPSA) is 105 Å². The van der Waals surface area contributed by atoms with Crippen LogP contribution >= 0.6 is 11.6 Å². The molecule has 2 aromatic carbocycles.